The van der Waals surface area contributed by atoms with E-state index in [0.29, 0.717) is 17.4 Å². The van der Waals surface area contributed by atoms with Crippen molar-refractivity contribution in [3.05, 3.63) is 16.8 Å². The van der Waals surface area contributed by atoms with Gasteiger partial charge in [-0.2, -0.15) is 0 Å². The standard InChI is InChI=1S/C10H12N4O2S/c1-3-16-10(15)6-7(11)14-8(13-6)9-12-5(2)4-17-9/h4H,3,11H2,1-2H3,(H,13,14). The number of carbonyl (C=O) groups is 1. The highest BCUT2D eigenvalue weighted by Gasteiger charge is 2.18. The van der Waals surface area contributed by atoms with Gasteiger partial charge in [-0.25, -0.2) is 14.8 Å². The first kappa shape index (κ1) is 11.6. The molecule has 0 aliphatic heterocycles. The second kappa shape index (κ2) is 4.54. The minimum absolute atomic E-state index is 0.131. The van der Waals surface area contributed by atoms with E-state index < -0.39 is 5.97 Å². The van der Waals surface area contributed by atoms with Crippen molar-refractivity contribution in [1.82, 2.24) is 15.0 Å². The minimum atomic E-state index is -0.503. The zero-order chi connectivity index (χ0) is 12.4. The summed E-state index contributed by atoms with van der Waals surface area (Å²) in [7, 11) is 0. The molecule has 0 aliphatic carbocycles. The Morgan fingerprint density at radius 2 is 2.35 bits per heavy atom. The molecule has 0 aromatic carbocycles. The molecule has 0 saturated carbocycles. The van der Waals surface area contributed by atoms with Crippen LogP contribution in [0.3, 0.4) is 0 Å². The van der Waals surface area contributed by atoms with Crippen LogP contribution in [0.1, 0.15) is 23.1 Å². The Bertz CT molecular complexity index is 546. The average Bonchev–Trinajstić information content (AvgIpc) is 2.85. The molecule has 90 valence electrons. The molecule has 0 aliphatic rings. The molecule has 17 heavy (non-hydrogen) atoms. The van der Waals surface area contributed by atoms with Crippen molar-refractivity contribution < 1.29 is 9.53 Å². The molecule has 0 unspecified atom stereocenters. The highest BCUT2D eigenvalue weighted by molar-refractivity contribution is 7.13. The number of nitrogen functional groups attached to an aromatic ring is 1. The smallest absolute Gasteiger partial charge is 0.358 e. The largest absolute Gasteiger partial charge is 0.461 e. The molecule has 2 heterocycles. The van der Waals surface area contributed by atoms with Crippen molar-refractivity contribution in [2.24, 2.45) is 0 Å². The summed E-state index contributed by atoms with van der Waals surface area (Å²) in [5.74, 6) is 0.118. The minimum Gasteiger partial charge on any atom is -0.461 e. The third kappa shape index (κ3) is 2.28. The summed E-state index contributed by atoms with van der Waals surface area (Å²) in [5.41, 5.74) is 6.73. The van der Waals surface area contributed by atoms with Gasteiger partial charge in [0.1, 0.15) is 0 Å². The quantitative estimate of drug-likeness (QED) is 0.809. The Morgan fingerprint density at radius 3 is 2.94 bits per heavy atom. The number of hydrogen-bond donors (Lipinski definition) is 2. The molecule has 0 amide bonds. The van der Waals surface area contributed by atoms with Crippen molar-refractivity contribution in [2.45, 2.75) is 13.8 Å². The first-order chi connectivity index (χ1) is 8.11. The number of rotatable bonds is 3. The van der Waals surface area contributed by atoms with Gasteiger partial charge in [-0.1, -0.05) is 0 Å². The van der Waals surface area contributed by atoms with E-state index in [0.717, 1.165) is 5.69 Å². The lowest BCUT2D eigenvalue weighted by Gasteiger charge is -1.98. The van der Waals surface area contributed by atoms with Gasteiger partial charge in [0.05, 0.1) is 6.61 Å². The summed E-state index contributed by atoms with van der Waals surface area (Å²) in [4.78, 5) is 22.7. The molecule has 6 nitrogen and oxygen atoms in total. The van der Waals surface area contributed by atoms with E-state index in [9.17, 15) is 4.79 Å². The number of carbonyl (C=O) groups excluding carboxylic acids is 1. The monoisotopic (exact) mass is 252 g/mol. The zero-order valence-corrected chi connectivity index (χ0v) is 10.3. The maximum Gasteiger partial charge on any atom is 0.358 e. The number of imidazole rings is 1. The van der Waals surface area contributed by atoms with Crippen molar-refractivity contribution >= 4 is 23.1 Å². The molecule has 0 fully saturated rings. The van der Waals surface area contributed by atoms with Crippen LogP contribution in [0.15, 0.2) is 5.38 Å². The van der Waals surface area contributed by atoms with E-state index in [-0.39, 0.29) is 11.5 Å². The Labute approximate surface area is 102 Å². The third-order valence-electron chi connectivity index (χ3n) is 2.03. The van der Waals surface area contributed by atoms with Crippen molar-refractivity contribution in [2.75, 3.05) is 12.3 Å². The number of nitrogens with two attached hydrogens (primary N) is 1. The summed E-state index contributed by atoms with van der Waals surface area (Å²) in [6.07, 6.45) is 0. The second-order valence-corrected chi connectivity index (χ2v) is 4.22. The maximum atomic E-state index is 11.5. The summed E-state index contributed by atoms with van der Waals surface area (Å²) in [6, 6.07) is 0. The van der Waals surface area contributed by atoms with Gasteiger partial charge in [-0.15, -0.1) is 11.3 Å². The molecule has 0 radical (unpaired) electrons. The lowest BCUT2D eigenvalue weighted by Crippen LogP contribution is -2.07. The number of aromatic nitrogens is 3. The van der Waals surface area contributed by atoms with Crippen LogP contribution >= 0.6 is 11.3 Å². The molecule has 0 atom stereocenters. The van der Waals surface area contributed by atoms with Crippen LogP contribution in [-0.4, -0.2) is 27.5 Å². The van der Waals surface area contributed by atoms with Crippen molar-refractivity contribution in [3.63, 3.8) is 0 Å². The van der Waals surface area contributed by atoms with Crippen LogP contribution in [-0.2, 0) is 4.74 Å². The van der Waals surface area contributed by atoms with Gasteiger partial charge < -0.3 is 15.5 Å². The molecule has 2 aromatic heterocycles. The van der Waals surface area contributed by atoms with Crippen LogP contribution < -0.4 is 5.73 Å². The van der Waals surface area contributed by atoms with Crippen LogP contribution in [0.2, 0.25) is 0 Å². The van der Waals surface area contributed by atoms with Gasteiger partial charge in [0.25, 0.3) is 0 Å². The van der Waals surface area contributed by atoms with Crippen molar-refractivity contribution in [3.8, 4) is 10.8 Å². The summed E-state index contributed by atoms with van der Waals surface area (Å²) < 4.78 is 4.86. The van der Waals surface area contributed by atoms with Crippen LogP contribution in [0.25, 0.3) is 10.8 Å². The van der Waals surface area contributed by atoms with E-state index >= 15 is 0 Å². The Balaban J connectivity index is 2.33. The van der Waals surface area contributed by atoms with Crippen molar-refractivity contribution in [1.29, 1.82) is 0 Å². The summed E-state index contributed by atoms with van der Waals surface area (Å²) >= 11 is 1.44. The zero-order valence-electron chi connectivity index (χ0n) is 9.48. The Morgan fingerprint density at radius 1 is 1.59 bits per heavy atom. The van der Waals surface area contributed by atoms with Gasteiger partial charge in [0, 0.05) is 11.1 Å². The Hall–Kier alpha value is -1.89. The molecule has 2 rings (SSSR count). The average molecular weight is 252 g/mol. The highest BCUT2D eigenvalue weighted by Crippen LogP contribution is 2.23. The predicted octanol–water partition coefficient (Wildman–Crippen LogP) is 1.60. The van der Waals surface area contributed by atoms with E-state index in [1.807, 2.05) is 12.3 Å². The molecular weight excluding hydrogens is 240 g/mol. The maximum absolute atomic E-state index is 11.5. The van der Waals surface area contributed by atoms with Gasteiger partial charge >= 0.3 is 5.97 Å². The van der Waals surface area contributed by atoms with E-state index in [2.05, 4.69) is 15.0 Å². The molecule has 0 spiro atoms. The van der Waals surface area contributed by atoms with Gasteiger partial charge in [0.15, 0.2) is 22.3 Å². The lowest BCUT2D eigenvalue weighted by atomic mass is 10.4. The van der Waals surface area contributed by atoms with E-state index in [1.165, 1.54) is 11.3 Å². The fourth-order valence-electron chi connectivity index (χ4n) is 1.31. The summed E-state index contributed by atoms with van der Waals surface area (Å²) in [6.45, 7) is 3.91. The second-order valence-electron chi connectivity index (χ2n) is 3.36. The fourth-order valence-corrected chi connectivity index (χ4v) is 2.05. The Kier molecular flexibility index (Phi) is 3.10. The molecule has 7 heteroatoms. The van der Waals surface area contributed by atoms with Crippen LogP contribution in [0, 0.1) is 6.92 Å². The van der Waals surface area contributed by atoms with Gasteiger partial charge in [-0.05, 0) is 13.8 Å². The number of aryl methyl sites for hydroxylation is 1. The highest BCUT2D eigenvalue weighted by atomic mass is 32.1. The first-order valence-electron chi connectivity index (χ1n) is 5.07. The number of H-pyrrole nitrogens is 1. The van der Waals surface area contributed by atoms with E-state index in [1.54, 1.807) is 6.92 Å². The van der Waals surface area contributed by atoms with Gasteiger partial charge in [-0.3, -0.25) is 0 Å². The third-order valence-corrected chi connectivity index (χ3v) is 3.00. The molecule has 3 N–H and O–H groups in total. The van der Waals surface area contributed by atoms with E-state index in [4.69, 9.17) is 10.5 Å². The number of esters is 1. The fraction of sp³-hybridized carbons (Fsp3) is 0.300. The molecule has 0 bridgehead atoms. The number of hydrogen-bond acceptors (Lipinski definition) is 6. The molecule has 0 saturated heterocycles. The van der Waals surface area contributed by atoms with Gasteiger partial charge in [0.2, 0.25) is 0 Å². The predicted molar refractivity (Wildman–Crippen MR) is 64.8 cm³/mol. The number of nitrogens with zero attached hydrogens (tertiary/aromatic N) is 2. The number of ether oxygens (including phenoxy) is 1. The molecular formula is C10H12N4O2S. The lowest BCUT2D eigenvalue weighted by molar-refractivity contribution is 0.0521. The number of thiazole rings is 1. The first-order valence-corrected chi connectivity index (χ1v) is 5.95. The van der Waals surface area contributed by atoms with Crippen LogP contribution in [0.4, 0.5) is 5.82 Å². The number of aromatic amines is 1. The summed E-state index contributed by atoms with van der Waals surface area (Å²) in [5, 5.41) is 2.60. The number of anilines is 1. The SMILES string of the molecule is CCOC(=O)c1[nH]c(-c2nc(C)cs2)nc1N. The molecule has 2 aromatic rings. The topological polar surface area (TPSA) is 93.9 Å². The normalized spacial score (nSPS) is 10.5. The number of nitrogens with one attached hydrogen (secondary N) is 1. The van der Waals surface area contributed by atoms with Crippen LogP contribution in [0.5, 0.6) is 0 Å².